The van der Waals surface area contributed by atoms with Crippen molar-refractivity contribution in [2.75, 3.05) is 19.7 Å². The van der Waals surface area contributed by atoms with Gasteiger partial charge in [0.25, 0.3) is 0 Å². The second-order valence-electron chi connectivity index (χ2n) is 6.85. The van der Waals surface area contributed by atoms with Crippen LogP contribution in [0.4, 0.5) is 4.79 Å². The number of benzene rings is 1. The summed E-state index contributed by atoms with van der Waals surface area (Å²) in [6.07, 6.45) is -0.273. The molecule has 1 aromatic carbocycles. The molecule has 0 unspecified atom stereocenters. The van der Waals surface area contributed by atoms with Crippen molar-refractivity contribution in [3.8, 4) is 0 Å². The maximum atomic E-state index is 12.2. The van der Waals surface area contributed by atoms with Gasteiger partial charge in [-0.05, 0) is 40.2 Å². The van der Waals surface area contributed by atoms with E-state index in [4.69, 9.17) is 9.47 Å². The average Bonchev–Trinajstić information content (AvgIpc) is 2.37. The van der Waals surface area contributed by atoms with Gasteiger partial charge in [0, 0.05) is 6.54 Å². The lowest BCUT2D eigenvalue weighted by Gasteiger charge is -2.41. The van der Waals surface area contributed by atoms with Crippen molar-refractivity contribution in [2.45, 2.75) is 45.8 Å². The van der Waals surface area contributed by atoms with Gasteiger partial charge in [-0.3, -0.25) is 0 Å². The smallest absolute Gasteiger partial charge is 0.410 e. The summed E-state index contributed by atoms with van der Waals surface area (Å²) in [5, 5.41) is 0. The number of carbonyl (C=O) groups is 1. The Hall–Kier alpha value is -1.55. The molecule has 1 aromatic rings. The molecular weight excluding hydrogens is 266 g/mol. The predicted octanol–water partition coefficient (Wildman–Crippen LogP) is 3.48. The highest BCUT2D eigenvalue weighted by Gasteiger charge is 2.37. The summed E-state index contributed by atoms with van der Waals surface area (Å²) in [5.41, 5.74) is 1.32. The molecule has 0 N–H and O–H groups in total. The molecule has 0 aliphatic carbocycles. The van der Waals surface area contributed by atoms with E-state index >= 15 is 0 Å². The molecule has 1 aliphatic heterocycles. The molecule has 2 rings (SSSR count). The van der Waals surface area contributed by atoms with Crippen LogP contribution in [0, 0.1) is 6.92 Å². The topological polar surface area (TPSA) is 38.8 Å². The molecular formula is C17H25NO3. The van der Waals surface area contributed by atoms with E-state index in [0.29, 0.717) is 19.7 Å². The van der Waals surface area contributed by atoms with Crippen molar-refractivity contribution in [3.05, 3.63) is 35.4 Å². The lowest BCUT2D eigenvalue weighted by Crippen LogP contribution is -2.51. The number of morpholine rings is 1. The highest BCUT2D eigenvalue weighted by atomic mass is 16.6. The number of rotatable bonds is 1. The fourth-order valence-corrected chi connectivity index (χ4v) is 2.50. The fraction of sp³-hybridized carbons (Fsp3) is 0.588. The summed E-state index contributed by atoms with van der Waals surface area (Å²) in [7, 11) is 0. The zero-order valence-corrected chi connectivity index (χ0v) is 13.6. The average molecular weight is 291 g/mol. The van der Waals surface area contributed by atoms with E-state index in [0.717, 1.165) is 5.56 Å². The first-order valence-corrected chi connectivity index (χ1v) is 7.39. The van der Waals surface area contributed by atoms with Crippen LogP contribution in [0.25, 0.3) is 0 Å². The summed E-state index contributed by atoms with van der Waals surface area (Å²) in [6.45, 7) is 11.3. The molecule has 1 aliphatic rings. The first kappa shape index (κ1) is 15.8. The molecule has 0 spiro atoms. The molecule has 1 amide bonds. The summed E-state index contributed by atoms with van der Waals surface area (Å²) >= 11 is 0. The molecule has 4 nitrogen and oxygen atoms in total. The molecule has 0 bridgehead atoms. The summed E-state index contributed by atoms with van der Waals surface area (Å²) in [6, 6.07) is 8.23. The van der Waals surface area contributed by atoms with Gasteiger partial charge in [-0.2, -0.15) is 0 Å². The number of hydrogen-bond acceptors (Lipinski definition) is 3. The van der Waals surface area contributed by atoms with Crippen LogP contribution in [-0.2, 0) is 15.1 Å². The Bertz CT molecular complexity index is 521. The quantitative estimate of drug-likeness (QED) is 0.795. The minimum atomic E-state index is -0.485. The molecule has 21 heavy (non-hydrogen) atoms. The number of nitrogens with zero attached hydrogens (tertiary/aromatic N) is 1. The van der Waals surface area contributed by atoms with Gasteiger partial charge in [0.05, 0.1) is 13.2 Å². The minimum Gasteiger partial charge on any atom is -0.444 e. The monoisotopic (exact) mass is 291 g/mol. The van der Waals surface area contributed by atoms with E-state index in [-0.39, 0.29) is 6.09 Å². The van der Waals surface area contributed by atoms with Crippen LogP contribution in [0.1, 0.15) is 38.8 Å². The van der Waals surface area contributed by atoms with E-state index in [1.807, 2.05) is 39.8 Å². The molecule has 1 fully saturated rings. The third kappa shape index (κ3) is 3.97. The normalized spacial score (nSPS) is 23.0. The van der Waals surface area contributed by atoms with E-state index < -0.39 is 11.2 Å². The van der Waals surface area contributed by atoms with Crippen LogP contribution < -0.4 is 0 Å². The Morgan fingerprint density at radius 1 is 1.38 bits per heavy atom. The molecule has 0 aromatic heterocycles. The molecule has 4 heteroatoms. The molecule has 0 saturated carbocycles. The van der Waals surface area contributed by atoms with Gasteiger partial charge >= 0.3 is 6.09 Å². The van der Waals surface area contributed by atoms with E-state index in [2.05, 4.69) is 19.1 Å². The lowest BCUT2D eigenvalue weighted by molar-refractivity contribution is -0.103. The molecule has 1 heterocycles. The Morgan fingerprint density at radius 3 is 2.71 bits per heavy atom. The van der Waals surface area contributed by atoms with Crippen molar-refractivity contribution in [2.24, 2.45) is 0 Å². The van der Waals surface area contributed by atoms with Crippen LogP contribution in [0.2, 0.25) is 0 Å². The maximum absolute atomic E-state index is 12.2. The molecule has 1 saturated heterocycles. The van der Waals surface area contributed by atoms with Gasteiger partial charge in [0.1, 0.15) is 11.2 Å². The Labute approximate surface area is 127 Å². The van der Waals surface area contributed by atoms with Crippen LogP contribution in [0.15, 0.2) is 24.3 Å². The van der Waals surface area contributed by atoms with Crippen LogP contribution >= 0.6 is 0 Å². The Balaban J connectivity index is 2.15. The highest BCUT2D eigenvalue weighted by Crippen LogP contribution is 2.30. The third-order valence-electron chi connectivity index (χ3n) is 3.55. The minimum absolute atomic E-state index is 0.273. The van der Waals surface area contributed by atoms with Gasteiger partial charge in [-0.25, -0.2) is 4.79 Å². The first-order valence-electron chi connectivity index (χ1n) is 7.39. The van der Waals surface area contributed by atoms with Gasteiger partial charge < -0.3 is 14.4 Å². The number of amides is 1. The highest BCUT2D eigenvalue weighted by molar-refractivity contribution is 5.68. The molecule has 1 atom stereocenters. The van der Waals surface area contributed by atoms with Gasteiger partial charge in [0.15, 0.2) is 0 Å². The number of ether oxygens (including phenoxy) is 2. The van der Waals surface area contributed by atoms with Gasteiger partial charge in [-0.1, -0.05) is 29.8 Å². The zero-order chi connectivity index (χ0) is 15.7. The number of aryl methyl sites for hydroxylation is 1. The summed E-state index contributed by atoms with van der Waals surface area (Å²) < 4.78 is 11.4. The van der Waals surface area contributed by atoms with Crippen LogP contribution in [-0.4, -0.2) is 36.3 Å². The SMILES string of the molecule is Cc1cccc([C@]2(C)CN(C(=O)OC(C)(C)C)CCO2)c1. The van der Waals surface area contributed by atoms with Crippen LogP contribution in [0.3, 0.4) is 0 Å². The first-order chi connectivity index (χ1) is 9.70. The zero-order valence-electron chi connectivity index (χ0n) is 13.6. The van der Waals surface area contributed by atoms with Crippen molar-refractivity contribution in [1.82, 2.24) is 4.90 Å². The Kier molecular flexibility index (Phi) is 4.28. The van der Waals surface area contributed by atoms with Crippen LogP contribution in [0.5, 0.6) is 0 Å². The third-order valence-corrected chi connectivity index (χ3v) is 3.55. The van der Waals surface area contributed by atoms with Gasteiger partial charge in [0.2, 0.25) is 0 Å². The maximum Gasteiger partial charge on any atom is 0.410 e. The number of hydrogen-bond donors (Lipinski definition) is 0. The lowest BCUT2D eigenvalue weighted by atomic mass is 9.93. The van der Waals surface area contributed by atoms with Gasteiger partial charge in [-0.15, -0.1) is 0 Å². The fourth-order valence-electron chi connectivity index (χ4n) is 2.50. The summed E-state index contributed by atoms with van der Waals surface area (Å²) in [4.78, 5) is 14.0. The second-order valence-corrected chi connectivity index (χ2v) is 6.85. The van der Waals surface area contributed by atoms with Crippen molar-refractivity contribution < 1.29 is 14.3 Å². The number of carbonyl (C=O) groups excluding carboxylic acids is 1. The summed E-state index contributed by atoms with van der Waals surface area (Å²) in [5.74, 6) is 0. The largest absolute Gasteiger partial charge is 0.444 e. The Morgan fingerprint density at radius 2 is 2.10 bits per heavy atom. The van der Waals surface area contributed by atoms with E-state index in [9.17, 15) is 4.79 Å². The standard InChI is InChI=1S/C17H25NO3/c1-13-7-6-8-14(11-13)17(5)12-18(9-10-20-17)15(19)21-16(2,3)4/h6-8,11H,9-10,12H2,1-5H3/t17-/m0/s1. The molecule has 116 valence electrons. The van der Waals surface area contributed by atoms with Crippen molar-refractivity contribution >= 4 is 6.09 Å². The van der Waals surface area contributed by atoms with E-state index in [1.54, 1.807) is 4.90 Å². The van der Waals surface area contributed by atoms with Crippen molar-refractivity contribution in [1.29, 1.82) is 0 Å². The molecule has 0 radical (unpaired) electrons. The van der Waals surface area contributed by atoms with Crippen molar-refractivity contribution in [3.63, 3.8) is 0 Å². The van der Waals surface area contributed by atoms with E-state index in [1.165, 1.54) is 5.56 Å². The second kappa shape index (κ2) is 5.68. The predicted molar refractivity (Wildman–Crippen MR) is 82.3 cm³/mol.